The number of hydrogen-bond acceptors (Lipinski definition) is 4. The van der Waals surface area contributed by atoms with Gasteiger partial charge in [-0.15, -0.1) is 0 Å². The summed E-state index contributed by atoms with van der Waals surface area (Å²) >= 11 is 0. The van der Waals surface area contributed by atoms with Crippen molar-refractivity contribution in [3.05, 3.63) is 96.1 Å². The normalized spacial score (nSPS) is 19.0. The molecule has 0 aliphatic carbocycles. The van der Waals surface area contributed by atoms with E-state index < -0.39 is 0 Å². The maximum absolute atomic E-state index is 10.3. The van der Waals surface area contributed by atoms with Crippen LogP contribution in [0.2, 0.25) is 0 Å². The lowest BCUT2D eigenvalue weighted by atomic mass is 9.84. The van der Waals surface area contributed by atoms with Gasteiger partial charge >= 0.3 is 0 Å². The standard InChI is InChI=1S/C23H22N2O2/c1-27-21-15-9-8-14-19(21)22-20(16-26)25(18-12-6-3-7-13-18)24-23(22)17-10-4-2-5-11-17/h2-15,20,22,26H,16H2,1H3/t20-,22-/m1/s1. The van der Waals surface area contributed by atoms with Gasteiger partial charge in [0.05, 0.1) is 37.1 Å². The van der Waals surface area contributed by atoms with Gasteiger partial charge in [0.15, 0.2) is 0 Å². The predicted octanol–water partition coefficient (Wildman–Crippen LogP) is 4.06. The Hall–Kier alpha value is -3.11. The van der Waals surface area contributed by atoms with Crippen LogP contribution in [-0.4, -0.2) is 30.6 Å². The maximum Gasteiger partial charge on any atom is 0.122 e. The summed E-state index contributed by atoms with van der Waals surface area (Å²) in [5.41, 5.74) is 3.97. The van der Waals surface area contributed by atoms with Gasteiger partial charge in [-0.1, -0.05) is 66.7 Å². The quantitative estimate of drug-likeness (QED) is 0.748. The molecular weight excluding hydrogens is 336 g/mol. The largest absolute Gasteiger partial charge is 0.496 e. The molecule has 0 saturated heterocycles. The topological polar surface area (TPSA) is 45.1 Å². The van der Waals surface area contributed by atoms with Crippen molar-refractivity contribution in [2.24, 2.45) is 5.10 Å². The number of hydrogen-bond donors (Lipinski definition) is 1. The highest BCUT2D eigenvalue weighted by molar-refractivity contribution is 6.08. The van der Waals surface area contributed by atoms with Gasteiger partial charge in [-0.2, -0.15) is 5.10 Å². The average Bonchev–Trinajstić information content (AvgIpc) is 3.14. The van der Waals surface area contributed by atoms with E-state index in [1.807, 2.05) is 71.7 Å². The Bertz CT molecular complexity index is 925. The number of benzene rings is 3. The Morgan fingerprint density at radius 3 is 2.19 bits per heavy atom. The number of para-hydroxylation sites is 2. The monoisotopic (exact) mass is 358 g/mol. The lowest BCUT2D eigenvalue weighted by molar-refractivity contribution is 0.258. The highest BCUT2D eigenvalue weighted by Crippen LogP contribution is 2.40. The van der Waals surface area contributed by atoms with E-state index in [2.05, 4.69) is 18.2 Å². The fourth-order valence-corrected chi connectivity index (χ4v) is 3.71. The second-order valence-electron chi connectivity index (χ2n) is 6.50. The zero-order valence-electron chi connectivity index (χ0n) is 15.2. The SMILES string of the molecule is COc1ccccc1[C@H]1C(c2ccccc2)=NN(c2ccccc2)[C@@H]1CO. The second-order valence-corrected chi connectivity index (χ2v) is 6.50. The highest BCUT2D eigenvalue weighted by Gasteiger charge is 2.40. The number of aliphatic hydroxyl groups is 1. The number of hydrazone groups is 1. The van der Waals surface area contributed by atoms with E-state index in [9.17, 15) is 5.11 Å². The van der Waals surface area contributed by atoms with E-state index in [1.165, 1.54) is 0 Å². The van der Waals surface area contributed by atoms with Crippen molar-refractivity contribution in [1.29, 1.82) is 0 Å². The van der Waals surface area contributed by atoms with Crippen LogP contribution in [-0.2, 0) is 0 Å². The van der Waals surface area contributed by atoms with E-state index >= 15 is 0 Å². The first-order chi connectivity index (χ1) is 13.3. The van der Waals surface area contributed by atoms with Crippen molar-refractivity contribution in [2.75, 3.05) is 18.7 Å². The predicted molar refractivity (Wildman–Crippen MR) is 109 cm³/mol. The number of nitrogens with zero attached hydrogens (tertiary/aromatic N) is 2. The molecule has 0 spiro atoms. The summed E-state index contributed by atoms with van der Waals surface area (Å²) in [4.78, 5) is 0. The molecule has 2 atom stereocenters. The van der Waals surface area contributed by atoms with Crippen LogP contribution in [0.4, 0.5) is 5.69 Å². The average molecular weight is 358 g/mol. The van der Waals surface area contributed by atoms with E-state index in [0.717, 1.165) is 28.3 Å². The van der Waals surface area contributed by atoms with Crippen LogP contribution in [0, 0.1) is 0 Å². The van der Waals surface area contributed by atoms with Crippen LogP contribution in [0.1, 0.15) is 17.0 Å². The van der Waals surface area contributed by atoms with Crippen molar-refractivity contribution in [2.45, 2.75) is 12.0 Å². The lowest BCUT2D eigenvalue weighted by Crippen LogP contribution is -2.35. The van der Waals surface area contributed by atoms with Crippen LogP contribution < -0.4 is 9.75 Å². The van der Waals surface area contributed by atoms with E-state index in [0.29, 0.717) is 0 Å². The molecule has 0 bridgehead atoms. The minimum absolute atomic E-state index is 0.0164. The Balaban J connectivity index is 1.87. The van der Waals surface area contributed by atoms with Crippen molar-refractivity contribution in [3.8, 4) is 5.75 Å². The third-order valence-electron chi connectivity index (χ3n) is 4.96. The molecule has 0 unspecified atom stereocenters. The van der Waals surface area contributed by atoms with Crippen LogP contribution in [0.5, 0.6) is 5.75 Å². The van der Waals surface area contributed by atoms with E-state index in [4.69, 9.17) is 9.84 Å². The molecule has 0 saturated carbocycles. The van der Waals surface area contributed by atoms with Crippen LogP contribution in [0.25, 0.3) is 0 Å². The van der Waals surface area contributed by atoms with Gasteiger partial charge < -0.3 is 9.84 Å². The molecule has 1 heterocycles. The van der Waals surface area contributed by atoms with Crippen LogP contribution in [0.15, 0.2) is 90.0 Å². The Labute approximate surface area is 159 Å². The third kappa shape index (κ3) is 3.20. The first kappa shape index (κ1) is 17.3. The first-order valence-electron chi connectivity index (χ1n) is 9.05. The van der Waals surface area contributed by atoms with E-state index in [-0.39, 0.29) is 18.6 Å². The fourth-order valence-electron chi connectivity index (χ4n) is 3.71. The van der Waals surface area contributed by atoms with Gasteiger partial charge in [-0.25, -0.2) is 0 Å². The van der Waals surface area contributed by atoms with Crippen LogP contribution >= 0.6 is 0 Å². The third-order valence-corrected chi connectivity index (χ3v) is 4.96. The summed E-state index contributed by atoms with van der Waals surface area (Å²) in [6, 6.07) is 27.9. The highest BCUT2D eigenvalue weighted by atomic mass is 16.5. The van der Waals surface area contributed by atoms with Gasteiger partial charge in [0, 0.05) is 5.56 Å². The molecule has 0 radical (unpaired) electrons. The molecule has 3 aromatic carbocycles. The van der Waals surface area contributed by atoms with Crippen molar-refractivity contribution < 1.29 is 9.84 Å². The maximum atomic E-state index is 10.3. The molecule has 27 heavy (non-hydrogen) atoms. The number of rotatable bonds is 5. The molecule has 4 heteroatoms. The molecule has 3 aromatic rings. The fraction of sp³-hybridized carbons (Fsp3) is 0.174. The van der Waals surface area contributed by atoms with Gasteiger partial charge in [0.25, 0.3) is 0 Å². The van der Waals surface area contributed by atoms with Crippen molar-refractivity contribution >= 4 is 11.4 Å². The molecule has 0 fully saturated rings. The van der Waals surface area contributed by atoms with Gasteiger partial charge in [-0.3, -0.25) is 5.01 Å². The Morgan fingerprint density at radius 1 is 0.889 bits per heavy atom. The molecule has 4 nitrogen and oxygen atoms in total. The minimum Gasteiger partial charge on any atom is -0.496 e. The van der Waals surface area contributed by atoms with Crippen molar-refractivity contribution in [1.82, 2.24) is 0 Å². The molecule has 4 rings (SSSR count). The van der Waals surface area contributed by atoms with Gasteiger partial charge in [0.2, 0.25) is 0 Å². The summed E-state index contributed by atoms with van der Waals surface area (Å²) in [6.07, 6.45) is 0. The van der Waals surface area contributed by atoms with E-state index in [1.54, 1.807) is 7.11 Å². The van der Waals surface area contributed by atoms with Crippen molar-refractivity contribution in [3.63, 3.8) is 0 Å². The Morgan fingerprint density at radius 2 is 1.52 bits per heavy atom. The smallest absolute Gasteiger partial charge is 0.122 e. The lowest BCUT2D eigenvalue weighted by Gasteiger charge is -2.27. The summed E-state index contributed by atoms with van der Waals surface area (Å²) in [6.45, 7) is -0.0164. The Kier molecular flexibility index (Phi) is 4.90. The number of anilines is 1. The minimum atomic E-state index is -0.209. The molecular formula is C23H22N2O2. The second kappa shape index (κ2) is 7.64. The van der Waals surface area contributed by atoms with Gasteiger partial charge in [0.1, 0.15) is 5.75 Å². The molecule has 0 aromatic heterocycles. The number of methoxy groups -OCH3 is 1. The molecule has 1 N–H and O–H groups in total. The molecule has 1 aliphatic rings. The molecule has 1 aliphatic heterocycles. The summed E-state index contributed by atoms with van der Waals surface area (Å²) < 4.78 is 5.62. The number of aliphatic hydroxyl groups excluding tert-OH is 1. The number of ether oxygens (including phenoxy) is 1. The zero-order chi connectivity index (χ0) is 18.6. The summed E-state index contributed by atoms with van der Waals surface area (Å²) in [7, 11) is 1.68. The summed E-state index contributed by atoms with van der Waals surface area (Å²) in [5.74, 6) is 0.702. The zero-order valence-corrected chi connectivity index (χ0v) is 15.2. The molecule has 0 amide bonds. The first-order valence-corrected chi connectivity index (χ1v) is 9.05. The molecule has 136 valence electrons. The summed E-state index contributed by atoms with van der Waals surface area (Å²) in [5, 5.41) is 17.2. The van der Waals surface area contributed by atoms with Crippen LogP contribution in [0.3, 0.4) is 0 Å². The van der Waals surface area contributed by atoms with Gasteiger partial charge in [-0.05, 0) is 23.8 Å².